The quantitative estimate of drug-likeness (QED) is 0.0222. The molecule has 0 amide bonds. The van der Waals surface area contributed by atoms with Crippen molar-refractivity contribution in [1.29, 1.82) is 0 Å². The van der Waals surface area contributed by atoms with Crippen LogP contribution >= 0.6 is 15.6 Å². The average molecular weight is 1300 g/mol. The summed E-state index contributed by atoms with van der Waals surface area (Å²) in [5.41, 5.74) is 0. The number of ether oxygens (including phenoxy) is 4. The van der Waals surface area contributed by atoms with Gasteiger partial charge >= 0.3 is 39.5 Å². The van der Waals surface area contributed by atoms with Gasteiger partial charge in [0, 0.05) is 25.7 Å². The van der Waals surface area contributed by atoms with E-state index in [1.165, 1.54) is 173 Å². The Hall–Kier alpha value is -1.94. The molecule has 88 heavy (non-hydrogen) atoms. The van der Waals surface area contributed by atoms with Gasteiger partial charge in [0.1, 0.15) is 19.3 Å². The van der Waals surface area contributed by atoms with Crippen molar-refractivity contribution in [1.82, 2.24) is 0 Å². The molecular weight excluding hydrogens is 1160 g/mol. The molecule has 0 aromatic carbocycles. The Bertz CT molecular complexity index is 1710. The van der Waals surface area contributed by atoms with E-state index in [1.807, 2.05) is 0 Å². The average Bonchev–Trinajstić information content (AvgIpc) is 3.54. The van der Waals surface area contributed by atoms with Crippen LogP contribution in [0, 0.1) is 5.92 Å². The van der Waals surface area contributed by atoms with E-state index >= 15 is 0 Å². The Kier molecular flexibility index (Phi) is 61.1. The topological polar surface area (TPSA) is 237 Å². The Morgan fingerprint density at radius 3 is 0.807 bits per heavy atom. The van der Waals surface area contributed by atoms with Crippen molar-refractivity contribution in [2.75, 3.05) is 39.6 Å². The lowest BCUT2D eigenvalue weighted by Gasteiger charge is -2.21. The van der Waals surface area contributed by atoms with E-state index in [0.29, 0.717) is 25.7 Å². The zero-order valence-electron chi connectivity index (χ0n) is 56.9. The fraction of sp³-hybridized carbons (Fsp3) is 0.942. The molecule has 0 heterocycles. The number of carbonyl (C=O) groups excluding carboxylic acids is 4. The first-order valence-electron chi connectivity index (χ1n) is 36.2. The molecule has 0 spiro atoms. The summed E-state index contributed by atoms with van der Waals surface area (Å²) in [6.45, 7) is 7.21. The maximum absolute atomic E-state index is 13.0. The largest absolute Gasteiger partial charge is 0.472 e. The molecule has 3 N–H and O–H groups in total. The number of hydrogen-bond donors (Lipinski definition) is 3. The monoisotopic (exact) mass is 1300 g/mol. The normalized spacial score (nSPS) is 14.4. The summed E-state index contributed by atoms with van der Waals surface area (Å²) in [4.78, 5) is 72.5. The molecule has 0 saturated heterocycles. The first-order chi connectivity index (χ1) is 42.6. The number of aliphatic hydroxyl groups is 1. The minimum absolute atomic E-state index is 0.107. The van der Waals surface area contributed by atoms with Gasteiger partial charge in [0.15, 0.2) is 12.2 Å². The lowest BCUT2D eigenvalue weighted by atomic mass is 10.00. The fourth-order valence-electron chi connectivity index (χ4n) is 10.4. The molecule has 0 fully saturated rings. The van der Waals surface area contributed by atoms with Crippen LogP contribution in [0.15, 0.2) is 0 Å². The molecule has 0 aliphatic rings. The number of phosphoric ester groups is 2. The van der Waals surface area contributed by atoms with Gasteiger partial charge < -0.3 is 33.8 Å². The van der Waals surface area contributed by atoms with Crippen LogP contribution < -0.4 is 0 Å². The lowest BCUT2D eigenvalue weighted by molar-refractivity contribution is -0.161. The molecule has 6 atom stereocenters. The van der Waals surface area contributed by atoms with Gasteiger partial charge in [-0.15, -0.1) is 0 Å². The summed E-state index contributed by atoms with van der Waals surface area (Å²) < 4.78 is 68.2. The molecular formula is C69H134O17P2. The molecule has 17 nitrogen and oxygen atoms in total. The van der Waals surface area contributed by atoms with Gasteiger partial charge in [-0.05, 0) is 31.6 Å². The number of unbranched alkanes of at least 4 members (excludes halogenated alkanes) is 40. The predicted molar refractivity (Wildman–Crippen MR) is 354 cm³/mol. The third-order valence-electron chi connectivity index (χ3n) is 16.4. The molecule has 19 heteroatoms. The number of carbonyl (C=O) groups is 4. The van der Waals surface area contributed by atoms with Crippen LogP contribution in [0.1, 0.15) is 356 Å². The Morgan fingerprint density at radius 2 is 0.545 bits per heavy atom. The third kappa shape index (κ3) is 61.6. The second-order valence-corrected chi connectivity index (χ2v) is 28.1. The first-order valence-corrected chi connectivity index (χ1v) is 39.2. The van der Waals surface area contributed by atoms with Crippen molar-refractivity contribution >= 4 is 39.5 Å². The van der Waals surface area contributed by atoms with E-state index in [0.717, 1.165) is 102 Å². The zero-order valence-corrected chi connectivity index (χ0v) is 58.6. The highest BCUT2D eigenvalue weighted by atomic mass is 31.2. The van der Waals surface area contributed by atoms with Gasteiger partial charge in [-0.3, -0.25) is 37.3 Å². The summed E-state index contributed by atoms with van der Waals surface area (Å²) in [5.74, 6) is -1.39. The van der Waals surface area contributed by atoms with Gasteiger partial charge in [0.05, 0.1) is 26.4 Å². The SMILES string of the molecule is CCCCCCCCCCCCCCCC(=O)OC[C@H](COP(=O)(O)OC[C@@H](O)COP(=O)(O)OC[C@@H](COC(=O)CCCCCCCCC(C)CC)OC(=O)CCCCCCCCCCCCCC)OC(=O)CCCCCCCCCCCCCCC. The fourth-order valence-corrected chi connectivity index (χ4v) is 12.0. The molecule has 0 aliphatic heterocycles. The maximum atomic E-state index is 13.0. The van der Waals surface area contributed by atoms with Crippen LogP contribution in [0.3, 0.4) is 0 Å². The highest BCUT2D eigenvalue weighted by molar-refractivity contribution is 7.47. The van der Waals surface area contributed by atoms with Gasteiger partial charge in [0.25, 0.3) is 0 Å². The smallest absolute Gasteiger partial charge is 0.462 e. The lowest BCUT2D eigenvalue weighted by Crippen LogP contribution is -2.30. The van der Waals surface area contributed by atoms with Gasteiger partial charge in [-0.2, -0.15) is 0 Å². The summed E-state index contributed by atoms with van der Waals surface area (Å²) >= 11 is 0. The third-order valence-corrected chi connectivity index (χ3v) is 18.3. The minimum atomic E-state index is -4.95. The molecule has 0 rings (SSSR count). The summed E-state index contributed by atoms with van der Waals surface area (Å²) in [5, 5.41) is 10.6. The summed E-state index contributed by atoms with van der Waals surface area (Å²) in [6, 6.07) is 0. The minimum Gasteiger partial charge on any atom is -0.462 e. The standard InChI is InChI=1S/C69H134O17P2/c1-6-10-13-16-19-22-25-28-31-33-36-42-47-52-66(71)79-58-64(85-69(74)55-50-45-38-35-32-29-26-23-20-17-14-11-7-2)60-83-87(75,76)81-56-63(70)57-82-88(77,78)84-61-65(59-80-67(72)53-48-43-40-39-41-46-51-62(5)9-4)86-68(73)54-49-44-37-34-30-27-24-21-18-15-12-8-3/h62-65,70H,6-61H2,1-5H3,(H,75,76)(H,77,78)/t62?,63-,64-,65-/m1/s1. The van der Waals surface area contributed by atoms with Crippen molar-refractivity contribution in [2.24, 2.45) is 5.92 Å². The second kappa shape index (κ2) is 62.5. The van der Waals surface area contributed by atoms with Crippen LogP contribution in [0.5, 0.6) is 0 Å². The summed E-state index contributed by atoms with van der Waals surface area (Å²) in [6.07, 6.45) is 48.4. The zero-order chi connectivity index (χ0) is 64.9. The van der Waals surface area contributed by atoms with Crippen LogP contribution in [-0.2, 0) is 65.4 Å². The van der Waals surface area contributed by atoms with Crippen molar-refractivity contribution in [2.45, 2.75) is 374 Å². The van der Waals surface area contributed by atoms with Gasteiger partial charge in [-0.1, -0.05) is 304 Å². The van der Waals surface area contributed by atoms with Crippen molar-refractivity contribution in [3.05, 3.63) is 0 Å². The maximum Gasteiger partial charge on any atom is 0.472 e. The first kappa shape index (κ1) is 86.1. The number of phosphoric acid groups is 2. The highest BCUT2D eigenvalue weighted by Crippen LogP contribution is 2.45. The number of hydrogen-bond acceptors (Lipinski definition) is 15. The van der Waals surface area contributed by atoms with Gasteiger partial charge in [0.2, 0.25) is 0 Å². The molecule has 0 bridgehead atoms. The Morgan fingerprint density at radius 1 is 0.318 bits per heavy atom. The van der Waals surface area contributed by atoms with E-state index in [1.54, 1.807) is 0 Å². The van der Waals surface area contributed by atoms with Crippen LogP contribution in [-0.4, -0.2) is 96.7 Å². The Balaban J connectivity index is 5.25. The molecule has 0 saturated carbocycles. The summed E-state index contributed by atoms with van der Waals surface area (Å²) in [7, 11) is -9.90. The van der Waals surface area contributed by atoms with Gasteiger partial charge in [-0.25, -0.2) is 9.13 Å². The van der Waals surface area contributed by atoms with Crippen LogP contribution in [0.4, 0.5) is 0 Å². The molecule has 3 unspecified atom stereocenters. The highest BCUT2D eigenvalue weighted by Gasteiger charge is 2.30. The molecule has 0 aliphatic carbocycles. The Labute approximate surface area is 537 Å². The van der Waals surface area contributed by atoms with E-state index in [2.05, 4.69) is 34.6 Å². The van der Waals surface area contributed by atoms with Crippen molar-refractivity contribution < 1.29 is 80.2 Å². The van der Waals surface area contributed by atoms with E-state index < -0.39 is 97.5 Å². The van der Waals surface area contributed by atoms with Crippen LogP contribution in [0.2, 0.25) is 0 Å². The van der Waals surface area contributed by atoms with E-state index in [9.17, 15) is 43.2 Å². The number of esters is 4. The predicted octanol–water partition coefficient (Wildman–Crippen LogP) is 19.7. The molecule has 0 aromatic rings. The van der Waals surface area contributed by atoms with Crippen molar-refractivity contribution in [3.8, 4) is 0 Å². The molecule has 0 aromatic heterocycles. The molecule has 0 radical (unpaired) electrons. The van der Waals surface area contributed by atoms with E-state index in [-0.39, 0.29) is 25.7 Å². The van der Waals surface area contributed by atoms with Crippen LogP contribution in [0.25, 0.3) is 0 Å². The second-order valence-electron chi connectivity index (χ2n) is 25.2. The van der Waals surface area contributed by atoms with E-state index in [4.69, 9.17) is 37.0 Å². The number of aliphatic hydroxyl groups excluding tert-OH is 1. The van der Waals surface area contributed by atoms with Crippen molar-refractivity contribution in [3.63, 3.8) is 0 Å². The molecule has 522 valence electrons. The number of rotatable bonds is 69.